The molecule has 36 heavy (non-hydrogen) atoms. The molecule has 0 bridgehead atoms. The molecule has 0 saturated heterocycles. The number of benzene rings is 3. The molecule has 2 aromatic heterocycles. The highest BCUT2D eigenvalue weighted by atomic mass is 35.5. The number of pyridine rings is 1. The van der Waals surface area contributed by atoms with Gasteiger partial charge in [-0.1, -0.05) is 53.7 Å². The van der Waals surface area contributed by atoms with Crippen molar-refractivity contribution in [1.29, 1.82) is 0 Å². The number of carbonyl (C=O) groups excluding carboxylic acids is 1. The van der Waals surface area contributed by atoms with Gasteiger partial charge < -0.3 is 10.1 Å². The minimum Gasteiger partial charge on any atom is -0.457 e. The van der Waals surface area contributed by atoms with E-state index in [1.54, 1.807) is 30.6 Å². The number of nitrogens with one attached hydrogen (secondary N) is 1. The maximum absolute atomic E-state index is 12.7. The lowest BCUT2D eigenvalue weighted by Gasteiger charge is -2.12. The molecule has 0 fully saturated rings. The minimum absolute atomic E-state index is 0.137. The van der Waals surface area contributed by atoms with E-state index in [2.05, 4.69) is 20.5 Å². The van der Waals surface area contributed by atoms with Crippen LogP contribution in [0.3, 0.4) is 0 Å². The monoisotopic (exact) mass is 513 g/mol. The first kappa shape index (κ1) is 23.6. The van der Waals surface area contributed by atoms with Gasteiger partial charge in [-0.25, -0.2) is 0 Å². The van der Waals surface area contributed by atoms with Gasteiger partial charge in [-0.2, -0.15) is 0 Å². The number of para-hydroxylation sites is 2. The van der Waals surface area contributed by atoms with Gasteiger partial charge >= 0.3 is 0 Å². The van der Waals surface area contributed by atoms with Crippen LogP contribution < -0.4 is 10.1 Å². The van der Waals surface area contributed by atoms with Gasteiger partial charge in [0.1, 0.15) is 11.5 Å². The van der Waals surface area contributed by atoms with Crippen LogP contribution in [0.2, 0.25) is 5.02 Å². The Labute approximate surface area is 217 Å². The molecule has 0 saturated carbocycles. The Morgan fingerprint density at radius 1 is 0.889 bits per heavy atom. The highest BCUT2D eigenvalue weighted by molar-refractivity contribution is 7.99. The van der Waals surface area contributed by atoms with Crippen LogP contribution in [-0.4, -0.2) is 31.4 Å². The van der Waals surface area contributed by atoms with Gasteiger partial charge in [0.15, 0.2) is 11.0 Å². The zero-order chi connectivity index (χ0) is 24.7. The molecular weight excluding hydrogens is 494 g/mol. The van der Waals surface area contributed by atoms with E-state index >= 15 is 0 Å². The number of aromatic nitrogens is 4. The fourth-order valence-electron chi connectivity index (χ4n) is 3.45. The Morgan fingerprint density at radius 3 is 2.39 bits per heavy atom. The molecule has 1 N–H and O–H groups in total. The number of thioether (sulfide) groups is 1. The zero-order valence-electron chi connectivity index (χ0n) is 18.9. The van der Waals surface area contributed by atoms with E-state index in [1.807, 2.05) is 77.4 Å². The van der Waals surface area contributed by atoms with Crippen LogP contribution in [0, 0.1) is 0 Å². The summed E-state index contributed by atoms with van der Waals surface area (Å²) in [6.45, 7) is 0. The van der Waals surface area contributed by atoms with Gasteiger partial charge in [-0.15, -0.1) is 10.2 Å². The molecule has 1 amide bonds. The number of nitrogens with zero attached hydrogens (tertiary/aromatic N) is 4. The minimum atomic E-state index is -0.173. The van der Waals surface area contributed by atoms with Gasteiger partial charge in [-0.3, -0.25) is 14.3 Å². The fourth-order valence-corrected chi connectivity index (χ4v) is 4.42. The summed E-state index contributed by atoms with van der Waals surface area (Å²) in [5.74, 6) is 1.99. The Bertz CT molecular complexity index is 1460. The first-order valence-corrected chi connectivity index (χ1v) is 12.4. The predicted molar refractivity (Wildman–Crippen MR) is 142 cm³/mol. The van der Waals surface area contributed by atoms with Crippen LogP contribution in [0.5, 0.6) is 11.5 Å². The zero-order valence-corrected chi connectivity index (χ0v) is 20.5. The van der Waals surface area contributed by atoms with Gasteiger partial charge in [0.2, 0.25) is 5.91 Å². The van der Waals surface area contributed by atoms with Gasteiger partial charge in [0.05, 0.1) is 16.5 Å². The van der Waals surface area contributed by atoms with Gasteiger partial charge in [-0.05, 0) is 60.7 Å². The molecule has 0 aliphatic heterocycles. The largest absolute Gasteiger partial charge is 0.457 e. The Morgan fingerprint density at radius 2 is 1.64 bits per heavy atom. The van der Waals surface area contributed by atoms with E-state index in [0.717, 1.165) is 17.0 Å². The standard InChI is InChI=1S/C27H20ClN5O2S/c28-23-10-4-5-11-24(23)33-26(19-7-6-16-29-17-19)31-32-27(33)36-18-25(34)30-20-12-14-22(15-13-20)35-21-8-2-1-3-9-21/h1-17H,18H2,(H,30,34). The van der Waals surface area contributed by atoms with E-state index in [0.29, 0.717) is 27.4 Å². The average Bonchev–Trinajstić information content (AvgIpc) is 3.34. The van der Waals surface area contributed by atoms with E-state index in [9.17, 15) is 4.79 Å². The molecule has 0 spiro atoms. The van der Waals surface area contributed by atoms with Crippen molar-refractivity contribution >= 4 is 35.0 Å². The summed E-state index contributed by atoms with van der Waals surface area (Å²) in [4.78, 5) is 16.9. The summed E-state index contributed by atoms with van der Waals surface area (Å²) < 4.78 is 7.64. The first-order valence-electron chi connectivity index (χ1n) is 11.0. The van der Waals surface area contributed by atoms with Crippen molar-refractivity contribution in [2.24, 2.45) is 0 Å². The third-order valence-corrected chi connectivity index (χ3v) is 6.34. The second kappa shape index (κ2) is 11.1. The molecule has 0 unspecified atom stereocenters. The van der Waals surface area contributed by atoms with E-state index in [1.165, 1.54) is 11.8 Å². The lowest BCUT2D eigenvalue weighted by Crippen LogP contribution is -2.14. The molecule has 7 nitrogen and oxygen atoms in total. The molecule has 0 aliphatic rings. The molecule has 0 atom stereocenters. The van der Waals surface area contributed by atoms with Gasteiger partial charge in [0, 0.05) is 23.6 Å². The first-order chi connectivity index (χ1) is 17.7. The highest BCUT2D eigenvalue weighted by Gasteiger charge is 2.19. The lowest BCUT2D eigenvalue weighted by molar-refractivity contribution is -0.113. The molecule has 2 heterocycles. The fraction of sp³-hybridized carbons (Fsp3) is 0.0370. The third-order valence-electron chi connectivity index (χ3n) is 5.10. The second-order valence-electron chi connectivity index (χ2n) is 7.61. The van der Waals surface area contributed by atoms with Gasteiger partial charge in [0.25, 0.3) is 0 Å². The van der Waals surface area contributed by atoms with E-state index in [-0.39, 0.29) is 11.7 Å². The van der Waals surface area contributed by atoms with Crippen molar-refractivity contribution in [2.45, 2.75) is 5.16 Å². The molecular formula is C27H20ClN5O2S. The molecule has 5 rings (SSSR count). The number of hydrogen-bond acceptors (Lipinski definition) is 6. The lowest BCUT2D eigenvalue weighted by atomic mass is 10.2. The molecule has 0 aliphatic carbocycles. The van der Waals surface area contributed by atoms with E-state index < -0.39 is 0 Å². The summed E-state index contributed by atoms with van der Waals surface area (Å²) in [5.41, 5.74) is 2.18. The summed E-state index contributed by atoms with van der Waals surface area (Å²) >= 11 is 7.76. The maximum atomic E-state index is 12.7. The highest BCUT2D eigenvalue weighted by Crippen LogP contribution is 2.31. The number of halogens is 1. The number of anilines is 1. The normalized spacial score (nSPS) is 10.7. The number of ether oxygens (including phenoxy) is 1. The van der Waals surface area contributed by atoms with Crippen molar-refractivity contribution < 1.29 is 9.53 Å². The van der Waals surface area contributed by atoms with Crippen LogP contribution in [0.4, 0.5) is 5.69 Å². The summed E-state index contributed by atoms with van der Waals surface area (Å²) in [7, 11) is 0. The van der Waals surface area contributed by atoms with Crippen LogP contribution in [0.1, 0.15) is 0 Å². The number of carbonyl (C=O) groups is 1. The van der Waals surface area contributed by atoms with Crippen LogP contribution >= 0.6 is 23.4 Å². The van der Waals surface area contributed by atoms with Crippen LogP contribution in [-0.2, 0) is 4.79 Å². The molecule has 3 aromatic carbocycles. The summed E-state index contributed by atoms with van der Waals surface area (Å²) in [5, 5.41) is 12.7. The quantitative estimate of drug-likeness (QED) is 0.238. The van der Waals surface area contributed by atoms with Crippen molar-refractivity contribution in [2.75, 3.05) is 11.1 Å². The molecule has 5 aromatic rings. The molecule has 9 heteroatoms. The van der Waals surface area contributed by atoms with Crippen molar-refractivity contribution in [3.63, 3.8) is 0 Å². The second-order valence-corrected chi connectivity index (χ2v) is 8.96. The Kier molecular flexibility index (Phi) is 7.25. The third kappa shape index (κ3) is 5.56. The van der Waals surface area contributed by atoms with Crippen LogP contribution in [0.25, 0.3) is 17.1 Å². The molecule has 178 valence electrons. The number of rotatable bonds is 8. The summed E-state index contributed by atoms with van der Waals surface area (Å²) in [6.07, 6.45) is 3.41. The Balaban J connectivity index is 1.29. The SMILES string of the molecule is O=C(CSc1nnc(-c2cccnc2)n1-c1ccccc1Cl)Nc1ccc(Oc2ccccc2)cc1. The van der Waals surface area contributed by atoms with Crippen molar-refractivity contribution in [1.82, 2.24) is 19.7 Å². The molecule has 0 radical (unpaired) electrons. The average molecular weight is 514 g/mol. The van der Waals surface area contributed by atoms with Crippen LogP contribution in [0.15, 0.2) is 109 Å². The predicted octanol–water partition coefficient (Wildman–Crippen LogP) is 6.51. The number of hydrogen-bond donors (Lipinski definition) is 1. The maximum Gasteiger partial charge on any atom is 0.234 e. The number of amides is 1. The van der Waals surface area contributed by atoms with E-state index in [4.69, 9.17) is 16.3 Å². The topological polar surface area (TPSA) is 81.9 Å². The smallest absolute Gasteiger partial charge is 0.234 e. The van der Waals surface area contributed by atoms with Crippen molar-refractivity contribution in [3.8, 4) is 28.6 Å². The Hall–Kier alpha value is -4.14. The van der Waals surface area contributed by atoms with Crippen molar-refractivity contribution in [3.05, 3.63) is 108 Å². The summed E-state index contributed by atoms with van der Waals surface area (Å²) in [6, 6.07) is 27.9.